The van der Waals surface area contributed by atoms with Crippen LogP contribution in [0.3, 0.4) is 0 Å². The van der Waals surface area contributed by atoms with Crippen molar-refractivity contribution < 1.29 is 19.0 Å². The second-order valence-electron chi connectivity index (χ2n) is 8.87. The standard InChI is InChI=1S/C25H26FN5O3S2.H2/c1-17-16-29(21-4-6-22(7-5-21)36(33,34)28-25-27-10-14-35-25)12-13-30(17)24(32)18(2)31-11-9-19-15-20(26)3-8-23(19)31;/h3-11,14-15,17-18H,12-13,16H2,1-2H3,(H,27,28);1H/t17-,18?;/m1./s1. The average molecular weight is 530 g/mol. The Kier molecular flexibility index (Phi) is 6.44. The molecule has 36 heavy (non-hydrogen) atoms. The average Bonchev–Trinajstić information content (AvgIpc) is 3.52. The number of nitrogens with zero attached hydrogens (tertiary/aromatic N) is 4. The van der Waals surface area contributed by atoms with Gasteiger partial charge in [-0.15, -0.1) is 11.3 Å². The summed E-state index contributed by atoms with van der Waals surface area (Å²) in [5, 5.41) is 2.79. The number of aromatic nitrogens is 2. The van der Waals surface area contributed by atoms with Gasteiger partial charge >= 0.3 is 0 Å². The number of benzene rings is 2. The van der Waals surface area contributed by atoms with Gasteiger partial charge in [0.25, 0.3) is 10.0 Å². The van der Waals surface area contributed by atoms with E-state index in [2.05, 4.69) is 14.6 Å². The summed E-state index contributed by atoms with van der Waals surface area (Å²) in [5.74, 6) is -0.288. The second-order valence-corrected chi connectivity index (χ2v) is 11.4. The van der Waals surface area contributed by atoms with Crippen LogP contribution in [0.5, 0.6) is 0 Å². The first-order valence-corrected chi connectivity index (χ1v) is 13.9. The lowest BCUT2D eigenvalue weighted by molar-refractivity contribution is -0.136. The number of rotatable bonds is 6. The number of sulfonamides is 1. The molecule has 1 N–H and O–H groups in total. The number of carbonyl (C=O) groups excluding carboxylic acids is 1. The topological polar surface area (TPSA) is 87.5 Å². The molecule has 1 unspecified atom stereocenters. The number of fused-ring (bicyclic) bond motifs is 1. The van der Waals surface area contributed by atoms with E-state index in [-0.39, 0.29) is 24.1 Å². The van der Waals surface area contributed by atoms with Gasteiger partial charge in [-0.1, -0.05) is 0 Å². The van der Waals surface area contributed by atoms with Crippen LogP contribution in [-0.4, -0.2) is 54.5 Å². The summed E-state index contributed by atoms with van der Waals surface area (Å²) < 4.78 is 43.1. The van der Waals surface area contributed by atoms with Crippen LogP contribution >= 0.6 is 11.3 Å². The minimum atomic E-state index is -3.71. The highest BCUT2D eigenvalue weighted by atomic mass is 32.2. The summed E-state index contributed by atoms with van der Waals surface area (Å²) in [4.78, 5) is 21.5. The van der Waals surface area contributed by atoms with Gasteiger partial charge in [0.15, 0.2) is 5.13 Å². The number of halogens is 1. The Morgan fingerprint density at radius 2 is 1.97 bits per heavy atom. The molecule has 2 aromatic heterocycles. The van der Waals surface area contributed by atoms with Crippen molar-refractivity contribution in [1.29, 1.82) is 0 Å². The number of piperazine rings is 1. The maximum atomic E-state index is 13.6. The third kappa shape index (κ3) is 4.68. The Morgan fingerprint density at radius 3 is 2.67 bits per heavy atom. The van der Waals surface area contributed by atoms with Crippen molar-refractivity contribution >= 4 is 49.0 Å². The number of carbonyl (C=O) groups is 1. The van der Waals surface area contributed by atoms with Gasteiger partial charge in [0.1, 0.15) is 11.9 Å². The van der Waals surface area contributed by atoms with E-state index in [1.54, 1.807) is 41.9 Å². The van der Waals surface area contributed by atoms with Gasteiger partial charge in [0.2, 0.25) is 5.91 Å². The molecule has 1 saturated heterocycles. The van der Waals surface area contributed by atoms with E-state index in [0.717, 1.165) is 16.6 Å². The van der Waals surface area contributed by atoms with Crippen molar-refractivity contribution in [3.05, 3.63) is 72.1 Å². The molecule has 2 atom stereocenters. The van der Waals surface area contributed by atoms with E-state index < -0.39 is 16.1 Å². The highest BCUT2D eigenvalue weighted by Gasteiger charge is 2.31. The van der Waals surface area contributed by atoms with Gasteiger partial charge in [0, 0.05) is 61.5 Å². The van der Waals surface area contributed by atoms with Crippen molar-refractivity contribution in [3.63, 3.8) is 0 Å². The number of hydrogen-bond donors (Lipinski definition) is 1. The maximum absolute atomic E-state index is 13.6. The first kappa shape index (κ1) is 24.3. The highest BCUT2D eigenvalue weighted by Crippen LogP contribution is 2.26. The molecule has 3 heterocycles. The van der Waals surface area contributed by atoms with Crippen LogP contribution in [0.1, 0.15) is 21.3 Å². The third-order valence-corrected chi connectivity index (χ3v) is 8.71. The first-order valence-electron chi connectivity index (χ1n) is 11.6. The molecule has 1 fully saturated rings. The number of amides is 1. The summed E-state index contributed by atoms with van der Waals surface area (Å²) in [5.41, 5.74) is 1.72. The lowest BCUT2D eigenvalue weighted by atomic mass is 10.1. The smallest absolute Gasteiger partial charge is 0.263 e. The van der Waals surface area contributed by atoms with Crippen molar-refractivity contribution in [2.75, 3.05) is 29.3 Å². The fourth-order valence-corrected chi connectivity index (χ4v) is 6.42. The highest BCUT2D eigenvalue weighted by molar-refractivity contribution is 7.93. The molecule has 190 valence electrons. The Hall–Kier alpha value is -3.44. The minimum absolute atomic E-state index is 0. The van der Waals surface area contributed by atoms with Gasteiger partial charge < -0.3 is 14.4 Å². The van der Waals surface area contributed by atoms with E-state index in [1.807, 2.05) is 35.6 Å². The molecule has 0 bridgehead atoms. The molecule has 11 heteroatoms. The van der Waals surface area contributed by atoms with Gasteiger partial charge in [0.05, 0.1) is 4.90 Å². The fourth-order valence-electron chi connectivity index (χ4n) is 4.63. The third-order valence-electron chi connectivity index (χ3n) is 6.53. The zero-order valence-corrected chi connectivity index (χ0v) is 21.5. The van der Waals surface area contributed by atoms with E-state index in [9.17, 15) is 17.6 Å². The van der Waals surface area contributed by atoms with Gasteiger partial charge in [-0.2, -0.15) is 0 Å². The van der Waals surface area contributed by atoms with Crippen molar-refractivity contribution in [3.8, 4) is 0 Å². The van der Waals surface area contributed by atoms with E-state index in [4.69, 9.17) is 0 Å². The van der Waals surface area contributed by atoms with Crippen molar-refractivity contribution in [2.45, 2.75) is 30.8 Å². The Morgan fingerprint density at radius 1 is 1.19 bits per heavy atom. The first-order chi connectivity index (χ1) is 17.2. The molecule has 0 radical (unpaired) electrons. The lowest BCUT2D eigenvalue weighted by Crippen LogP contribution is -2.55. The summed E-state index contributed by atoms with van der Waals surface area (Å²) in [6.45, 7) is 5.67. The van der Waals surface area contributed by atoms with Gasteiger partial charge in [-0.3, -0.25) is 9.52 Å². The van der Waals surface area contributed by atoms with Crippen LogP contribution in [0, 0.1) is 5.82 Å². The molecule has 0 spiro atoms. The number of hydrogen-bond acceptors (Lipinski definition) is 6. The number of anilines is 2. The normalized spacial score (nSPS) is 17.4. The molecule has 8 nitrogen and oxygen atoms in total. The zero-order valence-electron chi connectivity index (χ0n) is 19.8. The molecular formula is C25H28FN5O3S2. The lowest BCUT2D eigenvalue weighted by Gasteiger charge is -2.42. The monoisotopic (exact) mass is 529 g/mol. The summed E-state index contributed by atoms with van der Waals surface area (Å²) in [6.07, 6.45) is 3.37. The predicted molar refractivity (Wildman–Crippen MR) is 141 cm³/mol. The van der Waals surface area contributed by atoms with Crippen LogP contribution < -0.4 is 9.62 Å². The number of nitrogens with one attached hydrogen (secondary N) is 1. The van der Waals surface area contributed by atoms with Crippen LogP contribution in [-0.2, 0) is 14.8 Å². The fraction of sp³-hybridized carbons (Fsp3) is 0.280. The molecule has 0 saturated carbocycles. The van der Waals surface area contributed by atoms with Crippen LogP contribution in [0.2, 0.25) is 0 Å². The largest absolute Gasteiger partial charge is 0.368 e. The van der Waals surface area contributed by atoms with Crippen molar-refractivity contribution in [1.82, 2.24) is 14.5 Å². The van der Waals surface area contributed by atoms with Crippen LogP contribution in [0.15, 0.2) is 71.2 Å². The Balaban J connectivity index is 0.00000320. The molecule has 0 aliphatic carbocycles. The van der Waals surface area contributed by atoms with E-state index >= 15 is 0 Å². The maximum Gasteiger partial charge on any atom is 0.263 e. The molecule has 4 aromatic rings. The summed E-state index contributed by atoms with van der Waals surface area (Å²) in [7, 11) is -3.71. The molecule has 1 aliphatic rings. The molecule has 1 amide bonds. The molecule has 5 rings (SSSR count). The minimum Gasteiger partial charge on any atom is -0.368 e. The number of thiazole rings is 1. The Labute approximate surface area is 214 Å². The SMILES string of the molecule is CC(C(=O)N1CCN(c2ccc(S(=O)(=O)Nc3nccs3)cc2)C[C@H]1C)n1ccc2cc(F)ccc21.[HH]. The predicted octanol–water partition coefficient (Wildman–Crippen LogP) is 4.58. The molecule has 2 aromatic carbocycles. The van der Waals surface area contributed by atoms with Crippen LogP contribution in [0.25, 0.3) is 10.9 Å². The van der Waals surface area contributed by atoms with Gasteiger partial charge in [-0.05, 0) is 62.4 Å². The van der Waals surface area contributed by atoms with E-state index in [1.165, 1.54) is 23.5 Å². The molecule has 1 aliphatic heterocycles. The Bertz CT molecular complexity index is 1490. The summed E-state index contributed by atoms with van der Waals surface area (Å²) in [6, 6.07) is 12.7. The summed E-state index contributed by atoms with van der Waals surface area (Å²) >= 11 is 1.22. The zero-order chi connectivity index (χ0) is 25.4. The quantitative estimate of drug-likeness (QED) is 0.395. The van der Waals surface area contributed by atoms with Crippen LogP contribution in [0.4, 0.5) is 15.2 Å². The van der Waals surface area contributed by atoms with E-state index in [0.29, 0.717) is 24.8 Å². The van der Waals surface area contributed by atoms with Crippen molar-refractivity contribution in [2.24, 2.45) is 0 Å². The molecular weight excluding hydrogens is 501 g/mol. The second kappa shape index (κ2) is 9.55. The van der Waals surface area contributed by atoms with Gasteiger partial charge in [-0.25, -0.2) is 17.8 Å².